The second-order valence-electron chi connectivity index (χ2n) is 13.1. The summed E-state index contributed by atoms with van der Waals surface area (Å²) in [6.07, 6.45) is 6.61. The van der Waals surface area contributed by atoms with Gasteiger partial charge in [0.25, 0.3) is 0 Å². The van der Waals surface area contributed by atoms with Gasteiger partial charge in [0, 0.05) is 55.4 Å². The molecule has 0 amide bonds. The van der Waals surface area contributed by atoms with Crippen LogP contribution in [0.4, 0.5) is 15.9 Å². The SMILES string of the molecule is CN(C)C1CN(c2ccc(-n3cc(C(=O)O)c(=O)c4cc(F)c(N5[C@@H](COc6nc7c(ccn7C)cc6Cl)C[C@H]6C[C@H]65)cc43)cn2)C1. The topological polar surface area (TPSA) is 109 Å². The van der Waals surface area contributed by atoms with E-state index in [1.807, 2.05) is 47.0 Å². The maximum atomic E-state index is 16.0. The molecular weight excluding hydrogens is 625 g/mol. The summed E-state index contributed by atoms with van der Waals surface area (Å²) in [4.78, 5) is 41.0. The van der Waals surface area contributed by atoms with Gasteiger partial charge in [0.05, 0.1) is 29.1 Å². The first kappa shape index (κ1) is 29.7. The van der Waals surface area contributed by atoms with Crippen LogP contribution in [-0.2, 0) is 7.05 Å². The number of aromatic carboxylic acids is 1. The highest BCUT2D eigenvalue weighted by Crippen LogP contribution is 2.51. The molecule has 47 heavy (non-hydrogen) atoms. The first-order valence-corrected chi connectivity index (χ1v) is 16.0. The molecule has 13 heteroatoms. The van der Waals surface area contributed by atoms with Gasteiger partial charge in [0.1, 0.15) is 34.5 Å². The number of carboxylic acids is 1. The molecular formula is C34H33ClFN7O4. The van der Waals surface area contributed by atoms with E-state index in [1.54, 1.807) is 16.8 Å². The minimum Gasteiger partial charge on any atom is -0.477 e. The number of pyridine rings is 3. The number of carboxylic acid groups (broad SMARTS) is 1. The molecule has 2 aliphatic heterocycles. The van der Waals surface area contributed by atoms with Crippen LogP contribution in [0.1, 0.15) is 23.2 Å². The van der Waals surface area contributed by atoms with Crippen molar-refractivity contribution in [2.75, 3.05) is 43.6 Å². The fourth-order valence-corrected chi connectivity index (χ4v) is 7.29. The lowest BCUT2D eigenvalue weighted by Crippen LogP contribution is -2.57. The summed E-state index contributed by atoms with van der Waals surface area (Å²) in [5.41, 5.74) is 0.858. The van der Waals surface area contributed by atoms with Crippen molar-refractivity contribution in [3.63, 3.8) is 0 Å². The Morgan fingerprint density at radius 2 is 1.98 bits per heavy atom. The van der Waals surface area contributed by atoms with Crippen molar-refractivity contribution in [3.8, 4) is 11.6 Å². The van der Waals surface area contributed by atoms with Crippen molar-refractivity contribution in [3.05, 3.63) is 81.6 Å². The first-order chi connectivity index (χ1) is 22.6. The van der Waals surface area contributed by atoms with Gasteiger partial charge in [-0.3, -0.25) is 4.79 Å². The van der Waals surface area contributed by atoms with Crippen LogP contribution in [-0.4, -0.2) is 87.0 Å². The van der Waals surface area contributed by atoms with Crippen molar-refractivity contribution in [1.82, 2.24) is 24.0 Å². The zero-order valence-electron chi connectivity index (χ0n) is 26.1. The Morgan fingerprint density at radius 3 is 2.70 bits per heavy atom. The molecule has 3 aliphatic rings. The van der Waals surface area contributed by atoms with Crippen LogP contribution in [0.15, 0.2) is 59.8 Å². The molecule has 2 saturated heterocycles. The van der Waals surface area contributed by atoms with Crippen LogP contribution in [0.3, 0.4) is 0 Å². The Morgan fingerprint density at radius 1 is 1.17 bits per heavy atom. The minimum absolute atomic E-state index is 0.0157. The fourth-order valence-electron chi connectivity index (χ4n) is 7.08. The van der Waals surface area contributed by atoms with Gasteiger partial charge in [0.15, 0.2) is 0 Å². The lowest BCUT2D eigenvalue weighted by molar-refractivity contribution is 0.0695. The van der Waals surface area contributed by atoms with Gasteiger partial charge in [-0.2, -0.15) is 4.98 Å². The lowest BCUT2D eigenvalue weighted by Gasteiger charge is -2.43. The normalized spacial score (nSPS) is 20.7. The summed E-state index contributed by atoms with van der Waals surface area (Å²) in [6, 6.07) is 10.7. The van der Waals surface area contributed by atoms with E-state index in [-0.39, 0.29) is 24.1 Å². The molecule has 1 N–H and O–H groups in total. The number of ether oxygens (including phenoxy) is 1. The van der Waals surface area contributed by atoms with Crippen LogP contribution in [0.2, 0.25) is 5.02 Å². The van der Waals surface area contributed by atoms with Crippen molar-refractivity contribution < 1.29 is 19.0 Å². The number of carbonyl (C=O) groups is 1. The molecule has 0 unspecified atom stereocenters. The Labute approximate surface area is 274 Å². The number of piperidine rings is 1. The maximum absolute atomic E-state index is 16.0. The average Bonchev–Trinajstić information content (AvgIpc) is 3.55. The monoisotopic (exact) mass is 657 g/mol. The van der Waals surface area contributed by atoms with Crippen molar-refractivity contribution >= 4 is 51.0 Å². The van der Waals surface area contributed by atoms with Crippen molar-refractivity contribution in [1.29, 1.82) is 0 Å². The second-order valence-corrected chi connectivity index (χ2v) is 13.5. The summed E-state index contributed by atoms with van der Waals surface area (Å²) in [5.74, 6) is -0.443. The second kappa shape index (κ2) is 11.0. The zero-order valence-corrected chi connectivity index (χ0v) is 26.9. The smallest absolute Gasteiger partial charge is 0.341 e. The number of nitrogens with zero attached hydrogens (tertiary/aromatic N) is 7. The molecule has 3 fully saturated rings. The zero-order chi connectivity index (χ0) is 32.7. The van der Waals surface area contributed by atoms with E-state index in [0.717, 1.165) is 48.8 Å². The predicted octanol–water partition coefficient (Wildman–Crippen LogP) is 4.56. The maximum Gasteiger partial charge on any atom is 0.341 e. The van der Waals surface area contributed by atoms with E-state index in [2.05, 4.69) is 33.9 Å². The summed E-state index contributed by atoms with van der Waals surface area (Å²) < 4.78 is 25.7. The number of benzene rings is 1. The van der Waals surface area contributed by atoms with E-state index >= 15 is 4.39 Å². The van der Waals surface area contributed by atoms with E-state index in [9.17, 15) is 14.7 Å². The molecule has 1 saturated carbocycles. The van der Waals surface area contributed by atoms with Crippen molar-refractivity contribution in [2.45, 2.75) is 31.0 Å². The largest absolute Gasteiger partial charge is 0.477 e. The number of likely N-dealkylation sites (N-methyl/N-ethyl adjacent to an activating group) is 1. The highest BCUT2D eigenvalue weighted by atomic mass is 35.5. The first-order valence-electron chi connectivity index (χ1n) is 15.6. The van der Waals surface area contributed by atoms with Gasteiger partial charge in [-0.05, 0) is 69.3 Å². The Kier molecular flexibility index (Phi) is 6.92. The number of aryl methyl sites for hydroxylation is 1. The van der Waals surface area contributed by atoms with Gasteiger partial charge in [0.2, 0.25) is 11.3 Å². The lowest BCUT2D eigenvalue weighted by atomic mass is 10.1. The highest BCUT2D eigenvalue weighted by molar-refractivity contribution is 6.32. The summed E-state index contributed by atoms with van der Waals surface area (Å²) in [6.45, 7) is 1.96. The van der Waals surface area contributed by atoms with E-state index in [1.165, 1.54) is 6.20 Å². The summed E-state index contributed by atoms with van der Waals surface area (Å²) >= 11 is 6.51. The summed E-state index contributed by atoms with van der Waals surface area (Å²) in [5, 5.41) is 11.2. The quantitative estimate of drug-likeness (QED) is 0.257. The average molecular weight is 658 g/mol. The van der Waals surface area contributed by atoms with E-state index < -0.39 is 22.8 Å². The number of anilines is 2. The third-order valence-electron chi connectivity index (χ3n) is 9.89. The van der Waals surface area contributed by atoms with Crippen LogP contribution in [0.5, 0.6) is 5.88 Å². The van der Waals surface area contributed by atoms with Crippen LogP contribution >= 0.6 is 11.6 Å². The standard InChI is InChI=1S/C34H33ClFN7O4/c1-39(2)22-14-41(15-22)30-5-4-20(13-37-30)42-16-24(34(45)46)31(44)23-11-26(36)29(12-28(23)42)43-21(8-19-10-27(19)43)17-47-33-25(35)9-18-6-7-40(3)32(18)38-33/h4-7,9,11-13,16,19,21-22,27H,8,10,14-15,17H2,1-3H3,(H,45,46)/t19-,21+,27+/m0/s1. The molecule has 5 aromatic rings. The van der Waals surface area contributed by atoms with Crippen molar-refractivity contribution in [2.24, 2.45) is 13.0 Å². The number of aromatic nitrogens is 4. The predicted molar refractivity (Wildman–Crippen MR) is 178 cm³/mol. The van der Waals surface area contributed by atoms with Gasteiger partial charge in [-0.25, -0.2) is 14.2 Å². The van der Waals surface area contributed by atoms with E-state index in [4.69, 9.17) is 16.3 Å². The Balaban J connectivity index is 1.15. The fraction of sp³-hybridized carbons (Fsp3) is 0.353. The van der Waals surface area contributed by atoms with Crippen LogP contribution < -0.4 is 20.0 Å². The van der Waals surface area contributed by atoms with Gasteiger partial charge < -0.3 is 33.7 Å². The third kappa shape index (κ3) is 4.97. The molecule has 11 nitrogen and oxygen atoms in total. The molecule has 0 spiro atoms. The Hall–Kier alpha value is -4.68. The minimum atomic E-state index is -1.38. The number of rotatable bonds is 8. The third-order valence-corrected chi connectivity index (χ3v) is 10.2. The number of hydrogen-bond donors (Lipinski definition) is 1. The van der Waals surface area contributed by atoms with Crippen LogP contribution in [0, 0.1) is 11.7 Å². The van der Waals surface area contributed by atoms with Gasteiger partial charge in [-0.1, -0.05) is 11.6 Å². The number of hydrogen-bond acceptors (Lipinski definition) is 8. The molecule has 0 bridgehead atoms. The molecule has 4 aromatic heterocycles. The molecule has 3 atom stereocenters. The van der Waals surface area contributed by atoms with E-state index in [0.29, 0.717) is 39.8 Å². The highest BCUT2D eigenvalue weighted by Gasteiger charge is 2.53. The molecule has 1 aliphatic carbocycles. The Bertz CT molecular complexity index is 2130. The molecule has 0 radical (unpaired) electrons. The number of fused-ring (bicyclic) bond motifs is 3. The van der Waals surface area contributed by atoms with Gasteiger partial charge >= 0.3 is 5.97 Å². The molecule has 1 aromatic carbocycles. The van der Waals surface area contributed by atoms with Gasteiger partial charge in [-0.15, -0.1) is 0 Å². The molecule has 8 rings (SSSR count). The molecule has 6 heterocycles. The van der Waals surface area contributed by atoms with Crippen LogP contribution in [0.25, 0.3) is 27.6 Å². The number of halogens is 2. The summed E-state index contributed by atoms with van der Waals surface area (Å²) in [7, 11) is 6.00. The molecule has 242 valence electrons.